The van der Waals surface area contributed by atoms with Crippen LogP contribution in [0.2, 0.25) is 0 Å². The van der Waals surface area contributed by atoms with Crippen LogP contribution in [0, 0.1) is 0 Å². The fourth-order valence-corrected chi connectivity index (χ4v) is 1.99. The molecule has 0 bridgehead atoms. The zero-order valence-electron chi connectivity index (χ0n) is 10.7. The summed E-state index contributed by atoms with van der Waals surface area (Å²) in [5.74, 6) is 0.840. The van der Waals surface area contributed by atoms with Crippen molar-refractivity contribution in [1.82, 2.24) is 9.55 Å². The van der Waals surface area contributed by atoms with Gasteiger partial charge in [-0.15, -0.1) is 0 Å². The van der Waals surface area contributed by atoms with E-state index in [1.54, 1.807) is 6.20 Å². The van der Waals surface area contributed by atoms with Crippen molar-refractivity contribution in [2.45, 2.75) is 0 Å². The van der Waals surface area contributed by atoms with Gasteiger partial charge in [-0.1, -0.05) is 42.5 Å². The predicted octanol–water partition coefficient (Wildman–Crippen LogP) is 3.83. The molecular weight excluding hydrogens is 234 g/mol. The third-order valence-corrected chi connectivity index (χ3v) is 3.07. The Hall–Kier alpha value is -2.55. The van der Waals surface area contributed by atoms with E-state index in [0.29, 0.717) is 0 Å². The Labute approximate surface area is 112 Å². The highest BCUT2D eigenvalue weighted by Gasteiger charge is 2.00. The molecule has 1 aromatic heterocycles. The van der Waals surface area contributed by atoms with Crippen molar-refractivity contribution in [1.29, 1.82) is 0 Å². The third-order valence-electron chi connectivity index (χ3n) is 3.07. The summed E-state index contributed by atoms with van der Waals surface area (Å²) in [5, 5.41) is 3.28. The number of rotatable bonds is 3. The number of aromatic nitrogens is 2. The van der Waals surface area contributed by atoms with E-state index in [0.717, 1.165) is 11.6 Å². The van der Waals surface area contributed by atoms with Crippen LogP contribution in [-0.2, 0) is 7.05 Å². The van der Waals surface area contributed by atoms with E-state index in [4.69, 9.17) is 0 Å². The van der Waals surface area contributed by atoms with Gasteiger partial charge in [-0.2, -0.15) is 0 Å². The van der Waals surface area contributed by atoms with Gasteiger partial charge < -0.3 is 9.88 Å². The van der Waals surface area contributed by atoms with Crippen molar-refractivity contribution in [3.8, 4) is 11.1 Å². The number of aryl methyl sites for hydroxylation is 1. The summed E-state index contributed by atoms with van der Waals surface area (Å²) in [6, 6.07) is 18.7. The van der Waals surface area contributed by atoms with E-state index in [1.165, 1.54) is 11.1 Å². The van der Waals surface area contributed by atoms with Crippen molar-refractivity contribution >= 4 is 11.6 Å². The Balaban J connectivity index is 1.82. The molecule has 3 rings (SSSR count). The molecule has 0 fully saturated rings. The molecule has 0 aliphatic heterocycles. The summed E-state index contributed by atoms with van der Waals surface area (Å²) in [6.07, 6.45) is 3.70. The van der Waals surface area contributed by atoms with Gasteiger partial charge >= 0.3 is 0 Å². The third kappa shape index (κ3) is 2.50. The molecule has 0 radical (unpaired) electrons. The first-order valence-electron chi connectivity index (χ1n) is 6.23. The number of anilines is 2. The monoisotopic (exact) mass is 249 g/mol. The summed E-state index contributed by atoms with van der Waals surface area (Å²) in [5.41, 5.74) is 3.48. The normalized spacial score (nSPS) is 10.4. The van der Waals surface area contributed by atoms with E-state index in [1.807, 2.05) is 23.9 Å². The summed E-state index contributed by atoms with van der Waals surface area (Å²) < 4.78 is 1.95. The molecule has 19 heavy (non-hydrogen) atoms. The number of imidazole rings is 1. The van der Waals surface area contributed by atoms with Gasteiger partial charge in [0.25, 0.3) is 0 Å². The smallest absolute Gasteiger partial charge is 0.207 e. The summed E-state index contributed by atoms with van der Waals surface area (Å²) in [4.78, 5) is 4.24. The highest BCUT2D eigenvalue weighted by molar-refractivity contribution is 5.67. The van der Waals surface area contributed by atoms with Gasteiger partial charge in [-0.05, 0) is 23.3 Å². The maximum atomic E-state index is 4.24. The van der Waals surface area contributed by atoms with Crippen LogP contribution in [0.3, 0.4) is 0 Å². The maximum Gasteiger partial charge on any atom is 0.207 e. The molecule has 0 amide bonds. The molecule has 3 aromatic rings. The zero-order chi connectivity index (χ0) is 13.1. The molecular formula is C16H15N3. The molecule has 0 saturated carbocycles. The predicted molar refractivity (Wildman–Crippen MR) is 78.4 cm³/mol. The molecule has 1 N–H and O–H groups in total. The molecule has 0 unspecified atom stereocenters. The van der Waals surface area contributed by atoms with Gasteiger partial charge in [0.15, 0.2) is 0 Å². The molecule has 3 heteroatoms. The number of hydrogen-bond donors (Lipinski definition) is 1. The molecule has 1 heterocycles. The lowest BCUT2D eigenvalue weighted by Gasteiger charge is -2.07. The molecule has 0 atom stereocenters. The van der Waals surface area contributed by atoms with Crippen molar-refractivity contribution in [2.75, 3.05) is 5.32 Å². The summed E-state index contributed by atoms with van der Waals surface area (Å²) in [7, 11) is 1.97. The van der Waals surface area contributed by atoms with Crippen LogP contribution in [0.5, 0.6) is 0 Å². The van der Waals surface area contributed by atoms with Gasteiger partial charge in [-0.25, -0.2) is 4.98 Å². The van der Waals surface area contributed by atoms with E-state index in [-0.39, 0.29) is 0 Å². The van der Waals surface area contributed by atoms with Crippen molar-refractivity contribution < 1.29 is 0 Å². The second kappa shape index (κ2) is 4.98. The number of benzene rings is 2. The number of nitrogens with one attached hydrogen (secondary N) is 1. The number of hydrogen-bond acceptors (Lipinski definition) is 2. The van der Waals surface area contributed by atoms with Crippen LogP contribution in [0.1, 0.15) is 0 Å². The maximum absolute atomic E-state index is 4.24. The van der Waals surface area contributed by atoms with Crippen LogP contribution in [-0.4, -0.2) is 9.55 Å². The lowest BCUT2D eigenvalue weighted by atomic mass is 10.1. The van der Waals surface area contributed by atoms with Crippen molar-refractivity contribution in [3.05, 3.63) is 67.0 Å². The van der Waals surface area contributed by atoms with Gasteiger partial charge in [-0.3, -0.25) is 0 Å². The quantitative estimate of drug-likeness (QED) is 0.764. The SMILES string of the molecule is Cn1ccnc1Nc1ccc(-c2ccccc2)cc1. The van der Waals surface area contributed by atoms with Gasteiger partial charge in [0.1, 0.15) is 0 Å². The lowest BCUT2D eigenvalue weighted by Crippen LogP contribution is -1.98. The second-order valence-corrected chi connectivity index (χ2v) is 4.43. The van der Waals surface area contributed by atoms with Crippen LogP contribution in [0.15, 0.2) is 67.0 Å². The highest BCUT2D eigenvalue weighted by Crippen LogP contribution is 2.22. The van der Waals surface area contributed by atoms with Gasteiger partial charge in [0, 0.05) is 25.1 Å². The fourth-order valence-electron chi connectivity index (χ4n) is 1.99. The average Bonchev–Trinajstić information content (AvgIpc) is 2.86. The van der Waals surface area contributed by atoms with E-state index in [9.17, 15) is 0 Å². The molecule has 0 saturated heterocycles. The summed E-state index contributed by atoms with van der Waals surface area (Å²) in [6.45, 7) is 0. The fraction of sp³-hybridized carbons (Fsp3) is 0.0625. The zero-order valence-corrected chi connectivity index (χ0v) is 10.7. The van der Waals surface area contributed by atoms with Gasteiger partial charge in [0.2, 0.25) is 5.95 Å². The molecule has 3 nitrogen and oxygen atoms in total. The lowest BCUT2D eigenvalue weighted by molar-refractivity contribution is 0.924. The Morgan fingerprint density at radius 3 is 2.21 bits per heavy atom. The van der Waals surface area contributed by atoms with E-state index in [2.05, 4.69) is 58.8 Å². The van der Waals surface area contributed by atoms with Crippen molar-refractivity contribution in [2.24, 2.45) is 7.05 Å². The molecule has 94 valence electrons. The molecule has 0 aliphatic rings. The van der Waals surface area contributed by atoms with E-state index >= 15 is 0 Å². The first-order chi connectivity index (χ1) is 9.33. The van der Waals surface area contributed by atoms with Crippen LogP contribution < -0.4 is 5.32 Å². The highest BCUT2D eigenvalue weighted by atomic mass is 15.2. The molecule has 0 aliphatic carbocycles. The molecule has 0 spiro atoms. The van der Waals surface area contributed by atoms with Crippen molar-refractivity contribution in [3.63, 3.8) is 0 Å². The second-order valence-electron chi connectivity index (χ2n) is 4.43. The standard InChI is InChI=1S/C16H15N3/c1-19-12-11-17-16(19)18-15-9-7-14(8-10-15)13-5-3-2-4-6-13/h2-12H,1H3,(H,17,18). The minimum absolute atomic E-state index is 0.840. The largest absolute Gasteiger partial charge is 0.326 e. The minimum Gasteiger partial charge on any atom is -0.326 e. The Morgan fingerprint density at radius 2 is 1.58 bits per heavy atom. The van der Waals surface area contributed by atoms with Gasteiger partial charge in [0.05, 0.1) is 0 Å². The topological polar surface area (TPSA) is 29.9 Å². The first kappa shape index (κ1) is 11.5. The molecule has 2 aromatic carbocycles. The average molecular weight is 249 g/mol. The Kier molecular flexibility index (Phi) is 3.02. The van der Waals surface area contributed by atoms with E-state index < -0.39 is 0 Å². The Morgan fingerprint density at radius 1 is 0.895 bits per heavy atom. The number of nitrogens with zero attached hydrogens (tertiary/aromatic N) is 2. The summed E-state index contributed by atoms with van der Waals surface area (Å²) >= 11 is 0. The van der Waals surface area contributed by atoms with Crippen LogP contribution in [0.4, 0.5) is 11.6 Å². The Bertz CT molecular complexity index is 654. The first-order valence-corrected chi connectivity index (χ1v) is 6.23. The van der Waals surface area contributed by atoms with Crippen LogP contribution in [0.25, 0.3) is 11.1 Å². The minimum atomic E-state index is 0.840. The van der Waals surface area contributed by atoms with Crippen LogP contribution >= 0.6 is 0 Å².